The summed E-state index contributed by atoms with van der Waals surface area (Å²) >= 11 is 0. The lowest BCUT2D eigenvalue weighted by Gasteiger charge is -2.14. The van der Waals surface area contributed by atoms with Gasteiger partial charge in [0, 0.05) is 13.6 Å². The highest BCUT2D eigenvalue weighted by molar-refractivity contribution is 5.87. The number of allylic oxidation sites excluding steroid dienone is 1. The summed E-state index contributed by atoms with van der Waals surface area (Å²) in [4.78, 5) is 13.1. The summed E-state index contributed by atoms with van der Waals surface area (Å²) in [5.41, 5.74) is 1.15. The first kappa shape index (κ1) is 10.5. The number of carbonyl (C=O) groups excluding carboxylic acids is 1. The van der Waals surface area contributed by atoms with Crippen LogP contribution in [0.4, 0.5) is 0 Å². The molecule has 0 aliphatic carbocycles. The molecule has 1 aromatic carbocycles. The van der Waals surface area contributed by atoms with Gasteiger partial charge in [-0.25, -0.2) is 0 Å². The summed E-state index contributed by atoms with van der Waals surface area (Å²) in [6, 6.07) is 9.95. The highest BCUT2D eigenvalue weighted by Gasteiger charge is 2.03. The zero-order valence-electron chi connectivity index (χ0n) is 8.60. The Morgan fingerprint density at radius 2 is 2.00 bits per heavy atom. The smallest absolute Gasteiger partial charge is 0.246 e. The molecule has 0 atom stereocenters. The van der Waals surface area contributed by atoms with Crippen LogP contribution in [-0.2, 0) is 11.3 Å². The Kier molecular flexibility index (Phi) is 3.92. The van der Waals surface area contributed by atoms with Gasteiger partial charge in [0.25, 0.3) is 0 Å². The van der Waals surface area contributed by atoms with Crippen LogP contribution in [0, 0.1) is 0 Å². The van der Waals surface area contributed by atoms with Gasteiger partial charge in [0.1, 0.15) is 0 Å². The van der Waals surface area contributed by atoms with Gasteiger partial charge >= 0.3 is 0 Å². The van der Waals surface area contributed by atoms with Crippen molar-refractivity contribution >= 4 is 5.91 Å². The molecule has 0 aromatic heterocycles. The Bertz CT molecular complexity index is 316. The van der Waals surface area contributed by atoms with Crippen molar-refractivity contribution in [2.45, 2.75) is 13.5 Å². The van der Waals surface area contributed by atoms with Crippen LogP contribution in [0.3, 0.4) is 0 Å². The van der Waals surface area contributed by atoms with Crippen LogP contribution in [0.2, 0.25) is 0 Å². The first-order valence-corrected chi connectivity index (χ1v) is 4.65. The highest BCUT2D eigenvalue weighted by atomic mass is 16.2. The molecule has 0 fully saturated rings. The molecule has 14 heavy (non-hydrogen) atoms. The summed E-state index contributed by atoms with van der Waals surface area (Å²) in [6.45, 7) is 2.50. The van der Waals surface area contributed by atoms with Gasteiger partial charge in [-0.05, 0) is 18.6 Å². The monoisotopic (exact) mass is 189 g/mol. The molecule has 74 valence electrons. The summed E-state index contributed by atoms with van der Waals surface area (Å²) < 4.78 is 0. The van der Waals surface area contributed by atoms with Crippen LogP contribution in [0.15, 0.2) is 42.5 Å². The fraction of sp³-hybridized carbons (Fsp3) is 0.250. The maximum Gasteiger partial charge on any atom is 0.246 e. The van der Waals surface area contributed by atoms with Crippen molar-refractivity contribution in [1.29, 1.82) is 0 Å². The van der Waals surface area contributed by atoms with E-state index >= 15 is 0 Å². The summed E-state index contributed by atoms with van der Waals surface area (Å²) in [5.74, 6) is 0.0383. The molecule has 2 nitrogen and oxygen atoms in total. The number of nitrogens with zero attached hydrogens (tertiary/aromatic N) is 1. The summed E-state index contributed by atoms with van der Waals surface area (Å²) in [7, 11) is 1.80. The van der Waals surface area contributed by atoms with Crippen LogP contribution in [0.25, 0.3) is 0 Å². The molecule has 0 saturated heterocycles. The Hall–Kier alpha value is -1.57. The Balaban J connectivity index is 2.57. The molecule has 0 radical (unpaired) electrons. The average Bonchev–Trinajstić information content (AvgIpc) is 2.19. The fourth-order valence-corrected chi connectivity index (χ4v) is 1.21. The van der Waals surface area contributed by atoms with Crippen molar-refractivity contribution in [2.75, 3.05) is 7.05 Å². The lowest BCUT2D eigenvalue weighted by Crippen LogP contribution is -2.23. The third kappa shape index (κ3) is 3.05. The van der Waals surface area contributed by atoms with Gasteiger partial charge in [0.05, 0.1) is 0 Å². The fourth-order valence-electron chi connectivity index (χ4n) is 1.21. The average molecular weight is 189 g/mol. The molecular formula is C12H15NO. The number of benzene rings is 1. The summed E-state index contributed by atoms with van der Waals surface area (Å²) in [6.07, 6.45) is 3.33. The lowest BCUT2D eigenvalue weighted by molar-refractivity contribution is -0.125. The molecule has 0 aliphatic rings. The number of hydrogen-bond acceptors (Lipinski definition) is 1. The molecule has 0 unspecified atom stereocenters. The van der Waals surface area contributed by atoms with Crippen LogP contribution in [-0.4, -0.2) is 17.9 Å². The molecular weight excluding hydrogens is 174 g/mol. The molecule has 1 aromatic rings. The van der Waals surface area contributed by atoms with E-state index in [0.717, 1.165) is 5.56 Å². The van der Waals surface area contributed by atoms with E-state index in [0.29, 0.717) is 6.54 Å². The van der Waals surface area contributed by atoms with Gasteiger partial charge in [-0.2, -0.15) is 0 Å². The van der Waals surface area contributed by atoms with Crippen LogP contribution >= 0.6 is 0 Å². The van der Waals surface area contributed by atoms with Crippen molar-refractivity contribution < 1.29 is 4.79 Å². The molecule has 0 spiro atoms. The second-order valence-electron chi connectivity index (χ2n) is 3.18. The molecule has 0 N–H and O–H groups in total. The molecule has 0 heterocycles. The van der Waals surface area contributed by atoms with Crippen molar-refractivity contribution in [2.24, 2.45) is 0 Å². The van der Waals surface area contributed by atoms with Crippen molar-refractivity contribution in [3.63, 3.8) is 0 Å². The minimum Gasteiger partial charge on any atom is -0.338 e. The van der Waals surface area contributed by atoms with E-state index in [4.69, 9.17) is 0 Å². The molecule has 2 heteroatoms. The van der Waals surface area contributed by atoms with E-state index in [9.17, 15) is 4.79 Å². The molecule has 1 rings (SSSR count). The van der Waals surface area contributed by atoms with E-state index in [1.54, 1.807) is 24.1 Å². The second kappa shape index (κ2) is 5.22. The predicted octanol–water partition coefficient (Wildman–Crippen LogP) is 2.22. The first-order chi connectivity index (χ1) is 6.74. The van der Waals surface area contributed by atoms with Crippen LogP contribution in [0.5, 0.6) is 0 Å². The normalized spacial score (nSPS) is 10.4. The van der Waals surface area contributed by atoms with Gasteiger partial charge in [0.2, 0.25) is 5.91 Å². The van der Waals surface area contributed by atoms with Crippen molar-refractivity contribution in [3.8, 4) is 0 Å². The second-order valence-corrected chi connectivity index (χ2v) is 3.18. The standard InChI is InChI=1S/C12H15NO/c1-3-7-12(14)13(2)10-11-8-5-4-6-9-11/h3-9H,10H2,1-2H3. The first-order valence-electron chi connectivity index (χ1n) is 4.65. The van der Waals surface area contributed by atoms with Gasteiger partial charge < -0.3 is 4.90 Å². The number of amides is 1. The molecule has 1 amide bonds. The van der Waals surface area contributed by atoms with E-state index in [1.165, 1.54) is 0 Å². The lowest BCUT2D eigenvalue weighted by atomic mass is 10.2. The Morgan fingerprint density at radius 3 is 2.57 bits per heavy atom. The number of rotatable bonds is 3. The van der Waals surface area contributed by atoms with Gasteiger partial charge in [-0.3, -0.25) is 4.79 Å². The minimum atomic E-state index is 0.0383. The van der Waals surface area contributed by atoms with Crippen LogP contribution < -0.4 is 0 Å². The minimum absolute atomic E-state index is 0.0383. The SMILES string of the molecule is CC=CC(=O)N(C)Cc1ccccc1. The molecule has 0 saturated carbocycles. The number of hydrogen-bond donors (Lipinski definition) is 0. The third-order valence-corrected chi connectivity index (χ3v) is 1.95. The maximum absolute atomic E-state index is 11.4. The zero-order valence-corrected chi connectivity index (χ0v) is 8.60. The van der Waals surface area contributed by atoms with Gasteiger partial charge in [-0.15, -0.1) is 0 Å². The topological polar surface area (TPSA) is 20.3 Å². The third-order valence-electron chi connectivity index (χ3n) is 1.95. The van der Waals surface area contributed by atoms with Crippen molar-refractivity contribution in [1.82, 2.24) is 4.90 Å². The molecule has 0 bridgehead atoms. The van der Waals surface area contributed by atoms with E-state index in [-0.39, 0.29) is 5.91 Å². The highest BCUT2D eigenvalue weighted by Crippen LogP contribution is 2.02. The maximum atomic E-state index is 11.4. The van der Waals surface area contributed by atoms with Gasteiger partial charge in [-0.1, -0.05) is 36.4 Å². The van der Waals surface area contributed by atoms with Crippen molar-refractivity contribution in [3.05, 3.63) is 48.0 Å². The Morgan fingerprint density at radius 1 is 1.36 bits per heavy atom. The largest absolute Gasteiger partial charge is 0.338 e. The number of carbonyl (C=O) groups is 1. The Labute approximate surface area is 84.9 Å². The van der Waals surface area contributed by atoms with E-state index < -0.39 is 0 Å². The van der Waals surface area contributed by atoms with Gasteiger partial charge in [0.15, 0.2) is 0 Å². The number of likely N-dealkylation sites (N-methyl/N-ethyl adjacent to an activating group) is 1. The quantitative estimate of drug-likeness (QED) is 0.668. The summed E-state index contributed by atoms with van der Waals surface area (Å²) in [5, 5.41) is 0. The zero-order chi connectivity index (χ0) is 10.4. The van der Waals surface area contributed by atoms with Crippen LogP contribution in [0.1, 0.15) is 12.5 Å². The molecule has 0 aliphatic heterocycles. The van der Waals surface area contributed by atoms with E-state index in [1.807, 2.05) is 37.3 Å². The van der Waals surface area contributed by atoms with E-state index in [2.05, 4.69) is 0 Å². The predicted molar refractivity (Wildman–Crippen MR) is 57.7 cm³/mol.